The number of nitrogens with two attached hydrogens (primary N) is 1. The van der Waals surface area contributed by atoms with Gasteiger partial charge in [-0.2, -0.15) is 37.0 Å². The number of nitrogens with one attached hydrogen (secondary N) is 2. The molecule has 3 aromatic rings. The lowest BCUT2D eigenvalue weighted by atomic mass is 9.78. The summed E-state index contributed by atoms with van der Waals surface area (Å²) in [5, 5.41) is 6.88. The Kier molecular flexibility index (Phi) is 7.36. The summed E-state index contributed by atoms with van der Waals surface area (Å²) < 4.78 is 66.0. The highest BCUT2D eigenvalue weighted by Gasteiger charge is 2.56. The van der Waals surface area contributed by atoms with Gasteiger partial charge in [0.05, 0.1) is 11.3 Å². The summed E-state index contributed by atoms with van der Waals surface area (Å²) in [6, 6.07) is 13.2. The SMILES string of the molecule is CC1(c2ccccc2)C(=O)Nc2nc(NN=C(CCC(F)(F)C(F)(F)F)c3cc(Cl)ccc3Br)nc(N)c21. The molecule has 1 amide bonds. The molecule has 1 aliphatic rings. The molecule has 4 rings (SSSR count). The maximum atomic E-state index is 13.7. The molecule has 0 aliphatic carbocycles. The summed E-state index contributed by atoms with van der Waals surface area (Å²) in [4.78, 5) is 21.3. The van der Waals surface area contributed by atoms with Gasteiger partial charge in [-0.25, -0.2) is 5.43 Å². The lowest BCUT2D eigenvalue weighted by Crippen LogP contribution is -2.36. The van der Waals surface area contributed by atoms with Crippen LogP contribution in [0.4, 0.5) is 39.5 Å². The quantitative estimate of drug-likeness (QED) is 0.159. The molecule has 38 heavy (non-hydrogen) atoms. The van der Waals surface area contributed by atoms with Crippen molar-refractivity contribution in [3.63, 3.8) is 0 Å². The molecule has 1 atom stereocenters. The number of anilines is 3. The second-order valence-corrected chi connectivity index (χ2v) is 9.89. The van der Waals surface area contributed by atoms with Crippen LogP contribution in [0, 0.1) is 0 Å². The van der Waals surface area contributed by atoms with E-state index >= 15 is 0 Å². The average molecular weight is 618 g/mol. The van der Waals surface area contributed by atoms with Crippen molar-refractivity contribution in [2.24, 2.45) is 5.10 Å². The van der Waals surface area contributed by atoms with Gasteiger partial charge in [0, 0.05) is 21.5 Å². The third kappa shape index (κ3) is 5.17. The van der Waals surface area contributed by atoms with Gasteiger partial charge in [0.15, 0.2) is 0 Å². The Bertz CT molecular complexity index is 1420. The molecule has 14 heteroatoms. The first-order valence-electron chi connectivity index (χ1n) is 11.0. The molecular weight excluding hydrogens is 599 g/mol. The molecular formula is C24H19BrClF5N6O. The standard InChI is InChI=1S/C24H19BrClF5N6O/c1-22(12-5-3-2-4-6-12)17-18(32)33-21(35-19(17)34-20(22)38)37-36-16(9-10-23(27,28)24(29,30)31)14-11-13(26)7-8-15(14)25/h2-8,11H,9-10H2,1H3,(H4,32,33,34,35,37,38). The predicted octanol–water partition coefficient (Wildman–Crippen LogP) is 6.53. The first-order chi connectivity index (χ1) is 17.7. The third-order valence-electron chi connectivity index (χ3n) is 6.09. The maximum absolute atomic E-state index is 13.7. The normalized spacial score (nSPS) is 17.8. The van der Waals surface area contributed by atoms with Crippen molar-refractivity contribution in [3.8, 4) is 0 Å². The van der Waals surface area contributed by atoms with Crippen molar-refractivity contribution in [1.82, 2.24) is 9.97 Å². The van der Waals surface area contributed by atoms with E-state index in [1.54, 1.807) is 37.3 Å². The van der Waals surface area contributed by atoms with Crippen molar-refractivity contribution in [2.75, 3.05) is 16.5 Å². The van der Waals surface area contributed by atoms with Crippen LogP contribution >= 0.6 is 27.5 Å². The number of amides is 1. The number of hydrogen-bond acceptors (Lipinski definition) is 6. The molecule has 4 N–H and O–H groups in total. The Labute approximate surface area is 226 Å². The maximum Gasteiger partial charge on any atom is 0.453 e. The zero-order chi connectivity index (χ0) is 27.9. The Morgan fingerprint density at radius 2 is 1.84 bits per heavy atom. The molecule has 2 heterocycles. The summed E-state index contributed by atoms with van der Waals surface area (Å²) in [7, 11) is 0. The van der Waals surface area contributed by atoms with E-state index in [1.807, 2.05) is 0 Å². The molecule has 0 radical (unpaired) electrons. The predicted molar refractivity (Wildman–Crippen MR) is 138 cm³/mol. The Morgan fingerprint density at radius 3 is 2.50 bits per heavy atom. The fraction of sp³-hybridized carbons (Fsp3) is 0.250. The number of hydrogen-bond donors (Lipinski definition) is 3. The molecule has 1 aliphatic heterocycles. The van der Waals surface area contributed by atoms with Crippen molar-refractivity contribution in [2.45, 2.75) is 37.3 Å². The van der Waals surface area contributed by atoms with E-state index in [0.29, 0.717) is 15.6 Å². The van der Waals surface area contributed by atoms with E-state index in [-0.39, 0.29) is 33.9 Å². The summed E-state index contributed by atoms with van der Waals surface area (Å²) >= 11 is 9.25. The molecule has 0 spiro atoms. The number of carbonyl (C=O) groups is 1. The zero-order valence-corrected chi connectivity index (χ0v) is 21.8. The smallest absolute Gasteiger partial charge is 0.383 e. The van der Waals surface area contributed by atoms with E-state index < -0.39 is 36.3 Å². The number of hydrazone groups is 1. The summed E-state index contributed by atoms with van der Waals surface area (Å²) in [6.07, 6.45) is -8.06. The number of aromatic nitrogens is 2. The van der Waals surface area contributed by atoms with Crippen LogP contribution in [0.2, 0.25) is 5.02 Å². The number of nitrogens with zero attached hydrogens (tertiary/aromatic N) is 3. The highest BCUT2D eigenvalue weighted by atomic mass is 79.9. The van der Waals surface area contributed by atoms with Gasteiger partial charge in [0.25, 0.3) is 0 Å². The van der Waals surface area contributed by atoms with E-state index in [9.17, 15) is 26.7 Å². The molecule has 1 aromatic heterocycles. The minimum Gasteiger partial charge on any atom is -0.383 e. The lowest BCUT2D eigenvalue weighted by molar-refractivity contribution is -0.283. The highest BCUT2D eigenvalue weighted by Crippen LogP contribution is 2.44. The highest BCUT2D eigenvalue weighted by molar-refractivity contribution is 9.10. The number of benzene rings is 2. The van der Waals surface area contributed by atoms with Gasteiger partial charge in [-0.15, -0.1) is 0 Å². The van der Waals surface area contributed by atoms with Crippen LogP contribution in [0.15, 0.2) is 58.1 Å². The van der Waals surface area contributed by atoms with Gasteiger partial charge in [0.2, 0.25) is 11.9 Å². The van der Waals surface area contributed by atoms with Crippen LogP contribution in [-0.4, -0.2) is 33.7 Å². The van der Waals surface area contributed by atoms with Crippen LogP contribution in [-0.2, 0) is 10.2 Å². The van der Waals surface area contributed by atoms with Gasteiger partial charge in [-0.1, -0.05) is 57.9 Å². The summed E-state index contributed by atoms with van der Waals surface area (Å²) in [6.45, 7) is 1.67. The Morgan fingerprint density at radius 1 is 1.16 bits per heavy atom. The van der Waals surface area contributed by atoms with Crippen molar-refractivity contribution >= 4 is 56.7 Å². The molecule has 0 bridgehead atoms. The number of halogens is 7. The van der Waals surface area contributed by atoms with Crippen LogP contribution in [0.1, 0.15) is 36.5 Å². The summed E-state index contributed by atoms with van der Waals surface area (Å²) in [5.74, 6) is -5.48. The Hall–Kier alpha value is -3.32. The Balaban J connectivity index is 1.69. The van der Waals surface area contributed by atoms with E-state index in [4.69, 9.17) is 17.3 Å². The van der Waals surface area contributed by atoms with E-state index in [0.717, 1.165) is 0 Å². The molecule has 200 valence electrons. The number of alkyl halides is 5. The number of rotatable bonds is 7. The van der Waals surface area contributed by atoms with Crippen molar-refractivity contribution in [1.29, 1.82) is 0 Å². The second kappa shape index (κ2) is 10.1. The van der Waals surface area contributed by atoms with Gasteiger partial charge >= 0.3 is 12.1 Å². The van der Waals surface area contributed by atoms with E-state index in [1.165, 1.54) is 18.2 Å². The first kappa shape index (κ1) is 27.7. The topological polar surface area (TPSA) is 105 Å². The number of carbonyl (C=O) groups excluding carboxylic acids is 1. The van der Waals surface area contributed by atoms with Crippen LogP contribution in [0.5, 0.6) is 0 Å². The largest absolute Gasteiger partial charge is 0.453 e. The van der Waals surface area contributed by atoms with Gasteiger partial charge in [0.1, 0.15) is 17.1 Å². The van der Waals surface area contributed by atoms with Gasteiger partial charge in [-0.05, 0) is 37.1 Å². The first-order valence-corrected chi connectivity index (χ1v) is 12.2. The second-order valence-electron chi connectivity index (χ2n) is 8.60. The van der Waals surface area contributed by atoms with Gasteiger partial charge < -0.3 is 11.1 Å². The monoisotopic (exact) mass is 616 g/mol. The molecule has 0 fully saturated rings. The summed E-state index contributed by atoms with van der Waals surface area (Å²) in [5.41, 5.74) is 8.48. The molecule has 1 unspecified atom stereocenters. The van der Waals surface area contributed by atoms with Crippen LogP contribution < -0.4 is 16.5 Å². The van der Waals surface area contributed by atoms with Crippen LogP contribution in [0.3, 0.4) is 0 Å². The average Bonchev–Trinajstić information content (AvgIpc) is 3.11. The van der Waals surface area contributed by atoms with Crippen molar-refractivity contribution < 1.29 is 26.7 Å². The van der Waals surface area contributed by atoms with Crippen molar-refractivity contribution in [3.05, 3.63) is 74.7 Å². The number of fused-ring (bicyclic) bond motifs is 1. The number of nitrogen functional groups attached to an aromatic ring is 1. The minimum atomic E-state index is -5.72. The van der Waals surface area contributed by atoms with Crippen LogP contribution in [0.25, 0.3) is 0 Å². The molecule has 0 saturated carbocycles. The molecule has 7 nitrogen and oxygen atoms in total. The lowest BCUT2D eigenvalue weighted by Gasteiger charge is -2.23. The fourth-order valence-electron chi connectivity index (χ4n) is 4.01. The fourth-order valence-corrected chi connectivity index (χ4v) is 4.66. The van der Waals surface area contributed by atoms with E-state index in [2.05, 4.69) is 41.7 Å². The zero-order valence-electron chi connectivity index (χ0n) is 19.5. The minimum absolute atomic E-state index is 0.0495. The molecule has 0 saturated heterocycles. The van der Waals surface area contributed by atoms with Gasteiger partial charge in [-0.3, -0.25) is 4.79 Å². The molecule has 2 aromatic carbocycles. The third-order valence-corrected chi connectivity index (χ3v) is 7.02.